The van der Waals surface area contributed by atoms with E-state index in [4.69, 9.17) is 16.2 Å². The average Bonchev–Trinajstić information content (AvgIpc) is 3.76. The number of nitrogen functional groups attached to an aromatic ring is 1. The summed E-state index contributed by atoms with van der Waals surface area (Å²) in [5, 5.41) is 21.1. The van der Waals surface area contributed by atoms with Crippen LogP contribution in [-0.2, 0) is 0 Å². The van der Waals surface area contributed by atoms with Gasteiger partial charge in [0.1, 0.15) is 5.36 Å². The molecule has 6 aromatic carbocycles. The number of anilines is 2. The summed E-state index contributed by atoms with van der Waals surface area (Å²) in [5.74, 6) is 0. The zero-order valence-corrected chi connectivity index (χ0v) is 25.7. The average molecular weight is 594 g/mol. The second kappa shape index (κ2) is 9.63. The Morgan fingerprint density at radius 1 is 0.651 bits per heavy atom. The normalized spacial score (nSPS) is 12.4. The van der Waals surface area contributed by atoms with Crippen molar-refractivity contribution < 1.29 is 5.41 Å². The van der Waals surface area contributed by atoms with E-state index in [2.05, 4.69) is 74.7 Å². The Labute approximate surface area is 256 Å². The van der Waals surface area contributed by atoms with Crippen LogP contribution in [0, 0.1) is 20.8 Å². The summed E-state index contributed by atoms with van der Waals surface area (Å²) in [6.07, 6.45) is 0. The fourth-order valence-electron chi connectivity index (χ4n) is 6.40. The smallest absolute Gasteiger partial charge is 0.213 e. The molecule has 6 heteroatoms. The minimum Gasteiger partial charge on any atom is -0.399 e. The lowest BCUT2D eigenvalue weighted by molar-refractivity contribution is -0.167. The fourth-order valence-corrected chi connectivity index (χ4v) is 8.96. The summed E-state index contributed by atoms with van der Waals surface area (Å²) < 4.78 is 2.49. The quantitative estimate of drug-likeness (QED) is 0.144. The third-order valence-corrected chi connectivity index (χ3v) is 11.0. The summed E-state index contributed by atoms with van der Waals surface area (Å²) in [4.78, 5) is 2.43. The van der Waals surface area contributed by atoms with Gasteiger partial charge in [-0.05, 0) is 79.4 Å². The maximum atomic E-state index is 7.01. The Hall–Kier alpha value is -4.78. The van der Waals surface area contributed by atoms with Gasteiger partial charge in [0.25, 0.3) is 0 Å². The molecule has 0 atom stereocenters. The van der Waals surface area contributed by atoms with Gasteiger partial charge in [0.15, 0.2) is 0 Å². The molecule has 5 N–H and O–H groups in total. The van der Waals surface area contributed by atoms with Crippen molar-refractivity contribution in [3.63, 3.8) is 0 Å². The van der Waals surface area contributed by atoms with Crippen molar-refractivity contribution in [1.29, 1.82) is 0 Å². The maximum absolute atomic E-state index is 7.01. The van der Waals surface area contributed by atoms with E-state index in [0.717, 1.165) is 38.4 Å². The van der Waals surface area contributed by atoms with Crippen LogP contribution in [0.4, 0.5) is 11.4 Å². The van der Waals surface area contributed by atoms with Crippen LogP contribution in [0.5, 0.6) is 0 Å². The summed E-state index contributed by atoms with van der Waals surface area (Å²) in [6.45, 7) is 6.58. The molecule has 0 aliphatic heterocycles. The molecule has 0 amide bonds. The molecule has 2 aromatic heterocycles. The van der Waals surface area contributed by atoms with Gasteiger partial charge in [-0.2, -0.15) is 5.10 Å². The first-order chi connectivity index (χ1) is 20.9. The molecule has 0 unspecified atom stereocenters. The molecule has 2 heterocycles. The molecule has 43 heavy (non-hydrogen) atoms. The Morgan fingerprint density at radius 3 is 1.88 bits per heavy atom. The van der Waals surface area contributed by atoms with Crippen molar-refractivity contribution in [2.45, 2.75) is 20.8 Å². The van der Waals surface area contributed by atoms with Crippen LogP contribution in [0.1, 0.15) is 16.7 Å². The van der Waals surface area contributed by atoms with Crippen molar-refractivity contribution in [2.24, 2.45) is 5.10 Å². The number of aryl methyl sites for hydroxylation is 3. The third-order valence-electron chi connectivity index (χ3n) is 8.57. The highest BCUT2D eigenvalue weighted by molar-refractivity contribution is 7.24. The summed E-state index contributed by atoms with van der Waals surface area (Å²) in [7, 11) is 0. The van der Waals surface area contributed by atoms with Crippen LogP contribution in [0.25, 0.3) is 62.6 Å². The molecule has 8 aromatic rings. The highest BCUT2D eigenvalue weighted by Crippen LogP contribution is 2.45. The summed E-state index contributed by atoms with van der Waals surface area (Å²) in [6, 6.07) is 31.5. The van der Waals surface area contributed by atoms with Crippen LogP contribution in [0.2, 0.25) is 0 Å². The molecule has 0 saturated heterocycles. The third kappa shape index (κ3) is 3.94. The number of rotatable bonds is 4. The largest absolute Gasteiger partial charge is 0.399 e. The molecule has 0 radical (unpaired) electrons. The van der Waals surface area contributed by atoms with Gasteiger partial charge in [-0.15, -0.1) is 22.7 Å². The summed E-state index contributed by atoms with van der Waals surface area (Å²) in [5.41, 5.74) is 17.1. The van der Waals surface area contributed by atoms with E-state index in [1.165, 1.54) is 63.0 Å². The van der Waals surface area contributed by atoms with Crippen LogP contribution < -0.4 is 27.3 Å². The van der Waals surface area contributed by atoms with Crippen molar-refractivity contribution in [3.05, 3.63) is 118 Å². The lowest BCUT2D eigenvalue weighted by atomic mass is 9.98. The first-order valence-corrected chi connectivity index (χ1v) is 15.9. The van der Waals surface area contributed by atoms with E-state index in [1.54, 1.807) is 0 Å². The Bertz CT molecular complexity index is 2460. The van der Waals surface area contributed by atoms with Gasteiger partial charge in [0.2, 0.25) is 5.36 Å². The van der Waals surface area contributed by atoms with E-state index in [0.29, 0.717) is 0 Å². The van der Waals surface area contributed by atoms with Crippen molar-refractivity contribution in [1.82, 2.24) is 0 Å². The topological polar surface area (TPSA) is 76.0 Å². The van der Waals surface area contributed by atoms with E-state index in [1.807, 2.05) is 65.1 Å². The molecule has 0 aliphatic carbocycles. The molecule has 0 bridgehead atoms. The Kier molecular flexibility index (Phi) is 5.80. The van der Waals surface area contributed by atoms with E-state index in [9.17, 15) is 0 Å². The SMILES string of the molecule is Cc1ccc(-c2cc3c(=[NH2+])c4c(C)c5c(c(C)c4c3s2)/c(=N/Nc2ccccc2)c2cc(-c3ccc(N)cc3)sc25)cc1. The Morgan fingerprint density at radius 2 is 1.21 bits per heavy atom. The second-order valence-electron chi connectivity index (χ2n) is 11.3. The van der Waals surface area contributed by atoms with Crippen molar-refractivity contribution >= 4 is 75.8 Å². The van der Waals surface area contributed by atoms with Crippen molar-refractivity contribution in [2.75, 3.05) is 11.2 Å². The monoisotopic (exact) mass is 593 g/mol. The van der Waals surface area contributed by atoms with Crippen LogP contribution in [0.15, 0.2) is 96.1 Å². The second-order valence-corrected chi connectivity index (χ2v) is 13.4. The number of nitrogens with one attached hydrogen (secondary N) is 1. The number of thiophene rings is 2. The number of hydrogen-bond donors (Lipinski definition) is 3. The Balaban J connectivity index is 1.45. The predicted octanol–water partition coefficient (Wildman–Crippen LogP) is 7.73. The lowest BCUT2D eigenvalue weighted by Crippen LogP contribution is -2.44. The fraction of sp³-hybridized carbons (Fsp3) is 0.0811. The number of nitrogens with zero attached hydrogens (tertiary/aromatic N) is 1. The highest BCUT2D eigenvalue weighted by Gasteiger charge is 2.25. The minimum absolute atomic E-state index is 0.763. The number of nitrogens with two attached hydrogens (primary N) is 2. The molecular formula is C37H29N4S2+. The van der Waals surface area contributed by atoms with Gasteiger partial charge in [-0.25, -0.2) is 0 Å². The number of benzene rings is 4. The molecular weight excluding hydrogens is 565 g/mol. The molecule has 8 rings (SSSR count). The van der Waals surface area contributed by atoms with Crippen LogP contribution in [0.3, 0.4) is 0 Å². The van der Waals surface area contributed by atoms with Gasteiger partial charge in [-0.3, -0.25) is 10.8 Å². The number of para-hydroxylation sites is 1. The van der Waals surface area contributed by atoms with E-state index >= 15 is 0 Å². The molecule has 0 aliphatic rings. The van der Waals surface area contributed by atoms with Crippen molar-refractivity contribution in [3.8, 4) is 20.9 Å². The van der Waals surface area contributed by atoms with Gasteiger partial charge in [0.05, 0.1) is 16.5 Å². The van der Waals surface area contributed by atoms with Gasteiger partial charge >= 0.3 is 0 Å². The van der Waals surface area contributed by atoms with E-state index < -0.39 is 0 Å². The number of hydrogen-bond acceptors (Lipinski definition) is 5. The molecule has 0 saturated carbocycles. The van der Waals surface area contributed by atoms with Crippen LogP contribution >= 0.6 is 22.7 Å². The molecule has 208 valence electrons. The first kappa shape index (κ1) is 25.9. The number of fused-ring (bicyclic) bond motifs is 6. The molecule has 0 fully saturated rings. The zero-order valence-electron chi connectivity index (χ0n) is 24.1. The predicted molar refractivity (Wildman–Crippen MR) is 185 cm³/mol. The van der Waals surface area contributed by atoms with Gasteiger partial charge in [-0.1, -0.05) is 60.2 Å². The lowest BCUT2D eigenvalue weighted by Gasteiger charge is -2.06. The maximum Gasteiger partial charge on any atom is 0.213 e. The van der Waals surface area contributed by atoms with E-state index in [-0.39, 0.29) is 0 Å². The highest BCUT2D eigenvalue weighted by atomic mass is 32.1. The summed E-state index contributed by atoms with van der Waals surface area (Å²) >= 11 is 3.64. The van der Waals surface area contributed by atoms with Crippen LogP contribution in [-0.4, -0.2) is 0 Å². The standard InChI is InChI=1S/C37H28N4S2/c1-19-9-11-22(12-10-19)28-17-26-34(39)30-20(2)33-31(21(3)32(30)36(26)42-28)35(41-40-25-7-5-4-6-8-25)27-18-29(43-37(27)33)23-13-15-24(38)16-14-23/h4-18,39-40H,38H2,1-3H3/p+1/b39-34?,41-35+. The zero-order chi connectivity index (χ0) is 29.4. The first-order valence-electron chi connectivity index (χ1n) is 14.3. The van der Waals surface area contributed by atoms with Gasteiger partial charge < -0.3 is 5.73 Å². The van der Waals surface area contributed by atoms with Gasteiger partial charge in [0, 0.05) is 46.4 Å². The molecule has 0 spiro atoms. The molecule has 4 nitrogen and oxygen atoms in total. The minimum atomic E-state index is 0.763.